The fourth-order valence-electron chi connectivity index (χ4n) is 3.60. The summed E-state index contributed by atoms with van der Waals surface area (Å²) in [6.07, 6.45) is 0.510. The van der Waals surface area contributed by atoms with Gasteiger partial charge in [-0.15, -0.1) is 0 Å². The van der Waals surface area contributed by atoms with Crippen molar-refractivity contribution in [1.82, 2.24) is 4.57 Å². The lowest BCUT2D eigenvalue weighted by Gasteiger charge is -2.07. The van der Waals surface area contributed by atoms with E-state index in [1.807, 2.05) is 42.5 Å². The van der Waals surface area contributed by atoms with E-state index in [1.165, 1.54) is 0 Å². The summed E-state index contributed by atoms with van der Waals surface area (Å²) in [5.41, 5.74) is 2.63. The van der Waals surface area contributed by atoms with Gasteiger partial charge in [0.2, 0.25) is 5.78 Å². The molecule has 142 valence electrons. The van der Waals surface area contributed by atoms with Crippen LogP contribution in [0.1, 0.15) is 39.6 Å². The number of carboxylic acid groups (broad SMARTS) is 1. The summed E-state index contributed by atoms with van der Waals surface area (Å²) in [5.74, 6) is -1.14. The molecule has 2 unspecified atom stereocenters. The van der Waals surface area contributed by atoms with Crippen LogP contribution in [0, 0.1) is 0 Å². The maximum absolute atomic E-state index is 12.9. The number of fused-ring (bicyclic) bond motifs is 1. The smallest absolute Gasteiger partial charge is 0.312 e. The van der Waals surface area contributed by atoms with Gasteiger partial charge in [0.15, 0.2) is 0 Å². The molecule has 1 aliphatic rings. The van der Waals surface area contributed by atoms with E-state index >= 15 is 0 Å². The highest BCUT2D eigenvalue weighted by Crippen LogP contribution is 2.31. The molecule has 6 heteroatoms. The zero-order chi connectivity index (χ0) is 19.7. The van der Waals surface area contributed by atoms with E-state index in [2.05, 4.69) is 0 Å². The molecular formula is C22H19NO4S. The molecule has 28 heavy (non-hydrogen) atoms. The molecule has 0 radical (unpaired) electrons. The van der Waals surface area contributed by atoms with E-state index in [-0.39, 0.29) is 5.78 Å². The van der Waals surface area contributed by atoms with Crippen LogP contribution in [0.3, 0.4) is 0 Å². The number of carbonyl (C=O) groups is 2. The van der Waals surface area contributed by atoms with Crippen LogP contribution in [-0.4, -0.2) is 25.6 Å². The van der Waals surface area contributed by atoms with Crippen molar-refractivity contribution in [3.05, 3.63) is 89.2 Å². The van der Waals surface area contributed by atoms with Crippen molar-refractivity contribution in [1.29, 1.82) is 0 Å². The van der Waals surface area contributed by atoms with E-state index in [0.29, 0.717) is 35.7 Å². The van der Waals surface area contributed by atoms with Gasteiger partial charge in [-0.1, -0.05) is 42.5 Å². The predicted octanol–water partition coefficient (Wildman–Crippen LogP) is 3.60. The zero-order valence-electron chi connectivity index (χ0n) is 15.1. The van der Waals surface area contributed by atoms with Crippen LogP contribution in [0.5, 0.6) is 0 Å². The Kier molecular flexibility index (Phi) is 4.96. The first-order chi connectivity index (χ1) is 13.5. The molecule has 3 aromatic rings. The van der Waals surface area contributed by atoms with Crippen molar-refractivity contribution in [3.63, 3.8) is 0 Å². The highest BCUT2D eigenvalue weighted by atomic mass is 32.2. The van der Waals surface area contributed by atoms with Crippen LogP contribution in [0.25, 0.3) is 0 Å². The van der Waals surface area contributed by atoms with Crippen molar-refractivity contribution < 1.29 is 18.9 Å². The van der Waals surface area contributed by atoms with Crippen LogP contribution in [-0.2, 0) is 27.9 Å². The third kappa shape index (κ3) is 3.43. The van der Waals surface area contributed by atoms with E-state index < -0.39 is 22.7 Å². The van der Waals surface area contributed by atoms with Gasteiger partial charge < -0.3 is 9.67 Å². The molecule has 2 atom stereocenters. The summed E-state index contributed by atoms with van der Waals surface area (Å²) in [4.78, 5) is 25.0. The van der Waals surface area contributed by atoms with Gasteiger partial charge in [-0.2, -0.15) is 0 Å². The molecular weight excluding hydrogens is 374 g/mol. The number of carboxylic acids is 1. The standard InChI is InChI=1S/C22H19NO4S/c24-21(20-11-10-19-18(22(25)26)12-13-23(19)20)16-8-6-15(7-9-16)14-28(27)17-4-2-1-3-5-17/h1-11,18H,12-14H2,(H,25,26). The second kappa shape index (κ2) is 7.56. The fourth-order valence-corrected chi connectivity index (χ4v) is 4.72. The number of rotatable bonds is 6. The summed E-state index contributed by atoms with van der Waals surface area (Å²) in [7, 11) is -1.13. The summed E-state index contributed by atoms with van der Waals surface area (Å²) in [5, 5.41) is 9.29. The van der Waals surface area contributed by atoms with Gasteiger partial charge >= 0.3 is 5.97 Å². The van der Waals surface area contributed by atoms with Crippen molar-refractivity contribution in [2.24, 2.45) is 0 Å². The Morgan fingerprint density at radius 2 is 1.71 bits per heavy atom. The summed E-state index contributed by atoms with van der Waals surface area (Å²) < 4.78 is 14.2. The molecule has 1 aromatic heterocycles. The molecule has 2 heterocycles. The number of aliphatic carboxylic acids is 1. The third-order valence-electron chi connectivity index (χ3n) is 5.06. The number of aromatic nitrogens is 1. The van der Waals surface area contributed by atoms with Crippen molar-refractivity contribution >= 4 is 22.6 Å². The molecule has 0 aliphatic carbocycles. The molecule has 0 fully saturated rings. The SMILES string of the molecule is O=C(c1ccc(CS(=O)c2ccccc2)cc1)c1ccc2n1CCC2C(=O)O. The Hall–Kier alpha value is -2.99. The molecule has 1 N–H and O–H groups in total. The van der Waals surface area contributed by atoms with Crippen molar-refractivity contribution in [2.75, 3.05) is 0 Å². The maximum atomic E-state index is 12.9. The Labute approximate surface area is 165 Å². The summed E-state index contributed by atoms with van der Waals surface area (Å²) in [6.45, 7) is 0.536. The molecule has 1 aliphatic heterocycles. The molecule has 0 bridgehead atoms. The second-order valence-electron chi connectivity index (χ2n) is 6.80. The van der Waals surface area contributed by atoms with Gasteiger partial charge in [0, 0.05) is 22.7 Å². The molecule has 0 saturated carbocycles. The van der Waals surface area contributed by atoms with E-state index in [9.17, 15) is 18.9 Å². The minimum atomic E-state index is -1.13. The molecule has 0 spiro atoms. The first-order valence-corrected chi connectivity index (χ1v) is 10.4. The molecule has 5 nitrogen and oxygen atoms in total. The normalized spacial score (nSPS) is 16.5. The summed E-state index contributed by atoms with van der Waals surface area (Å²) in [6, 6.07) is 19.8. The van der Waals surface area contributed by atoms with E-state index in [4.69, 9.17) is 0 Å². The Balaban J connectivity index is 1.51. The molecule has 0 saturated heterocycles. The maximum Gasteiger partial charge on any atom is 0.312 e. The zero-order valence-corrected chi connectivity index (χ0v) is 15.9. The van der Waals surface area contributed by atoms with Gasteiger partial charge in [-0.3, -0.25) is 13.8 Å². The number of hydrogen-bond donors (Lipinski definition) is 1. The first-order valence-electron chi connectivity index (χ1n) is 9.04. The minimum absolute atomic E-state index is 0.131. The Morgan fingerprint density at radius 3 is 2.39 bits per heavy atom. The van der Waals surface area contributed by atoms with Gasteiger partial charge in [-0.25, -0.2) is 0 Å². The monoisotopic (exact) mass is 393 g/mol. The first kappa shape index (κ1) is 18.4. The lowest BCUT2D eigenvalue weighted by molar-refractivity contribution is -0.138. The minimum Gasteiger partial charge on any atom is -0.481 e. The molecule has 2 aromatic carbocycles. The third-order valence-corrected chi connectivity index (χ3v) is 6.46. The highest BCUT2D eigenvalue weighted by Gasteiger charge is 2.31. The van der Waals surface area contributed by atoms with Gasteiger partial charge in [-0.05, 0) is 36.2 Å². The molecule has 4 rings (SSSR count). The lowest BCUT2D eigenvalue weighted by Crippen LogP contribution is -2.10. The lowest BCUT2D eigenvalue weighted by atomic mass is 10.1. The van der Waals surface area contributed by atoms with Crippen LogP contribution in [0.4, 0.5) is 0 Å². The van der Waals surface area contributed by atoms with Gasteiger partial charge in [0.05, 0.1) is 28.2 Å². The predicted molar refractivity (Wildman–Crippen MR) is 106 cm³/mol. The topological polar surface area (TPSA) is 76.4 Å². The van der Waals surface area contributed by atoms with Crippen LogP contribution in [0.2, 0.25) is 0 Å². The number of carbonyl (C=O) groups excluding carboxylic acids is 1. The number of nitrogens with zero attached hydrogens (tertiary/aromatic N) is 1. The second-order valence-corrected chi connectivity index (χ2v) is 8.25. The number of ketones is 1. The van der Waals surface area contributed by atoms with E-state index in [0.717, 1.165) is 10.5 Å². The highest BCUT2D eigenvalue weighted by molar-refractivity contribution is 7.84. The van der Waals surface area contributed by atoms with E-state index in [1.54, 1.807) is 28.8 Å². The number of hydrogen-bond acceptors (Lipinski definition) is 3. The Morgan fingerprint density at radius 1 is 1.00 bits per heavy atom. The Bertz CT molecular complexity index is 1050. The van der Waals surface area contributed by atoms with Gasteiger partial charge in [0.25, 0.3) is 0 Å². The van der Waals surface area contributed by atoms with Crippen LogP contribution < -0.4 is 0 Å². The van der Waals surface area contributed by atoms with Gasteiger partial charge in [0.1, 0.15) is 0 Å². The van der Waals surface area contributed by atoms with Crippen molar-refractivity contribution in [2.45, 2.75) is 29.5 Å². The molecule has 0 amide bonds. The van der Waals surface area contributed by atoms with Crippen LogP contribution >= 0.6 is 0 Å². The van der Waals surface area contributed by atoms with Crippen LogP contribution in [0.15, 0.2) is 71.6 Å². The quantitative estimate of drug-likeness (QED) is 0.649. The fraction of sp³-hybridized carbons (Fsp3) is 0.182. The number of benzene rings is 2. The van der Waals surface area contributed by atoms with Crippen molar-refractivity contribution in [3.8, 4) is 0 Å². The largest absolute Gasteiger partial charge is 0.481 e. The summed E-state index contributed by atoms with van der Waals surface area (Å²) >= 11 is 0. The average Bonchev–Trinajstić information content (AvgIpc) is 3.30. The average molecular weight is 393 g/mol.